The SMILES string of the molecule is CC1(C)OC(=C2C(=O)Nc3ccc(F)cc32)C=C1c1ccc(CN2CCC(O)C2)cc1. The van der Waals surface area contributed by atoms with E-state index in [4.69, 9.17) is 4.74 Å². The molecule has 2 N–H and O–H groups in total. The lowest BCUT2D eigenvalue weighted by atomic mass is 9.91. The molecule has 1 amide bonds. The molecule has 2 aromatic rings. The van der Waals surface area contributed by atoms with Crippen molar-refractivity contribution < 1.29 is 19.0 Å². The number of ether oxygens (including phenoxy) is 1. The largest absolute Gasteiger partial charge is 0.482 e. The fraction of sp³-hybridized carbons (Fsp3) is 0.320. The van der Waals surface area contributed by atoms with Crippen LogP contribution in [0.1, 0.15) is 37.0 Å². The Morgan fingerprint density at radius 2 is 2.00 bits per heavy atom. The van der Waals surface area contributed by atoms with Gasteiger partial charge >= 0.3 is 0 Å². The molecule has 0 aromatic heterocycles. The lowest BCUT2D eigenvalue weighted by Gasteiger charge is -2.24. The number of amides is 1. The summed E-state index contributed by atoms with van der Waals surface area (Å²) < 4.78 is 20.0. The molecule has 6 heteroatoms. The molecule has 0 saturated carbocycles. The van der Waals surface area contributed by atoms with Gasteiger partial charge in [0.25, 0.3) is 5.91 Å². The van der Waals surface area contributed by atoms with Gasteiger partial charge in [-0.15, -0.1) is 0 Å². The van der Waals surface area contributed by atoms with E-state index in [1.807, 2.05) is 19.9 Å². The Balaban J connectivity index is 1.46. The molecule has 3 heterocycles. The predicted molar refractivity (Wildman–Crippen MR) is 117 cm³/mol. The second kappa shape index (κ2) is 7.32. The molecule has 1 unspecified atom stereocenters. The first kappa shape index (κ1) is 20.0. The minimum absolute atomic E-state index is 0.223. The van der Waals surface area contributed by atoms with Crippen LogP contribution in [0.25, 0.3) is 11.1 Å². The summed E-state index contributed by atoms with van der Waals surface area (Å²) in [7, 11) is 0. The van der Waals surface area contributed by atoms with Gasteiger partial charge in [-0.25, -0.2) is 4.39 Å². The van der Waals surface area contributed by atoms with E-state index in [1.54, 1.807) is 6.07 Å². The van der Waals surface area contributed by atoms with E-state index in [0.29, 0.717) is 22.6 Å². The number of halogens is 1. The Hall–Kier alpha value is -2.96. The Labute approximate surface area is 180 Å². The van der Waals surface area contributed by atoms with Crippen molar-refractivity contribution in [3.05, 3.63) is 76.8 Å². The van der Waals surface area contributed by atoms with Gasteiger partial charge in [0.05, 0.1) is 11.7 Å². The summed E-state index contributed by atoms with van der Waals surface area (Å²) >= 11 is 0. The smallest absolute Gasteiger partial charge is 0.260 e. The van der Waals surface area contributed by atoms with Crippen LogP contribution in [0.15, 0.2) is 54.3 Å². The van der Waals surface area contributed by atoms with Gasteiger partial charge in [0.1, 0.15) is 17.2 Å². The first-order valence-electron chi connectivity index (χ1n) is 10.6. The van der Waals surface area contributed by atoms with E-state index in [1.165, 1.54) is 17.7 Å². The Bertz CT molecular complexity index is 1120. The van der Waals surface area contributed by atoms with Crippen molar-refractivity contribution >= 4 is 22.7 Å². The number of benzene rings is 2. The summed E-state index contributed by atoms with van der Waals surface area (Å²) in [4.78, 5) is 14.8. The molecule has 31 heavy (non-hydrogen) atoms. The van der Waals surface area contributed by atoms with Crippen LogP contribution in [0.3, 0.4) is 0 Å². The van der Waals surface area contributed by atoms with Crippen LogP contribution in [0.5, 0.6) is 0 Å². The van der Waals surface area contributed by atoms with E-state index in [0.717, 1.165) is 37.2 Å². The monoisotopic (exact) mass is 420 g/mol. The third-order valence-corrected chi connectivity index (χ3v) is 6.18. The summed E-state index contributed by atoms with van der Waals surface area (Å²) in [6.07, 6.45) is 2.49. The van der Waals surface area contributed by atoms with Crippen LogP contribution < -0.4 is 5.32 Å². The van der Waals surface area contributed by atoms with Gasteiger partial charge < -0.3 is 15.2 Å². The lowest BCUT2D eigenvalue weighted by molar-refractivity contribution is -0.111. The molecule has 0 aliphatic carbocycles. The number of rotatable bonds is 3. The van der Waals surface area contributed by atoms with Crippen molar-refractivity contribution in [3.63, 3.8) is 0 Å². The minimum atomic E-state index is -0.626. The number of anilines is 1. The molecule has 1 atom stereocenters. The quantitative estimate of drug-likeness (QED) is 0.739. The van der Waals surface area contributed by atoms with Crippen molar-refractivity contribution in [2.24, 2.45) is 0 Å². The van der Waals surface area contributed by atoms with Crippen LogP contribution in [0.2, 0.25) is 0 Å². The minimum Gasteiger partial charge on any atom is -0.482 e. The van der Waals surface area contributed by atoms with Gasteiger partial charge in [0.2, 0.25) is 0 Å². The zero-order valence-electron chi connectivity index (χ0n) is 17.6. The Morgan fingerprint density at radius 3 is 2.71 bits per heavy atom. The van der Waals surface area contributed by atoms with Crippen molar-refractivity contribution in [3.8, 4) is 0 Å². The number of hydrogen-bond donors (Lipinski definition) is 2. The molecule has 5 nitrogen and oxygen atoms in total. The maximum Gasteiger partial charge on any atom is 0.260 e. The number of likely N-dealkylation sites (tertiary alicyclic amines) is 1. The van der Waals surface area contributed by atoms with Gasteiger partial charge in [0.15, 0.2) is 0 Å². The van der Waals surface area contributed by atoms with Gasteiger partial charge in [-0.1, -0.05) is 24.3 Å². The van der Waals surface area contributed by atoms with Crippen molar-refractivity contribution in [1.82, 2.24) is 4.90 Å². The highest BCUT2D eigenvalue weighted by Gasteiger charge is 2.38. The topological polar surface area (TPSA) is 61.8 Å². The Kier molecular flexibility index (Phi) is 4.72. The molecule has 2 aromatic carbocycles. The summed E-state index contributed by atoms with van der Waals surface area (Å²) in [5, 5.41) is 12.5. The molecular formula is C25H25FN2O3. The van der Waals surface area contributed by atoms with Crippen LogP contribution in [-0.2, 0) is 16.1 Å². The highest BCUT2D eigenvalue weighted by atomic mass is 19.1. The zero-order valence-corrected chi connectivity index (χ0v) is 17.6. The van der Waals surface area contributed by atoms with Crippen molar-refractivity contribution in [2.75, 3.05) is 18.4 Å². The second-order valence-corrected chi connectivity index (χ2v) is 8.93. The predicted octanol–water partition coefficient (Wildman–Crippen LogP) is 3.95. The van der Waals surface area contributed by atoms with E-state index in [2.05, 4.69) is 34.5 Å². The summed E-state index contributed by atoms with van der Waals surface area (Å²) in [5.74, 6) is -0.222. The molecule has 0 radical (unpaired) electrons. The van der Waals surface area contributed by atoms with Gasteiger partial charge in [-0.05, 0) is 55.7 Å². The number of allylic oxidation sites excluding steroid dienone is 1. The van der Waals surface area contributed by atoms with E-state index < -0.39 is 11.4 Å². The van der Waals surface area contributed by atoms with Gasteiger partial charge in [-0.2, -0.15) is 0 Å². The standard InChI is InChI=1S/C25H25FN2O3/c1-25(2)20(16-5-3-15(4-6-16)13-28-10-9-18(29)14-28)12-22(31-25)23-19-11-17(26)7-8-21(19)27-24(23)30/h3-8,11-12,18,29H,9-10,13-14H2,1-2H3,(H,27,30). The number of nitrogens with one attached hydrogen (secondary N) is 1. The van der Waals surface area contributed by atoms with Crippen molar-refractivity contribution in [2.45, 2.75) is 38.5 Å². The highest BCUT2D eigenvalue weighted by Crippen LogP contribution is 2.44. The fourth-order valence-corrected chi connectivity index (χ4v) is 4.61. The first-order chi connectivity index (χ1) is 14.8. The molecule has 0 bridgehead atoms. The van der Waals surface area contributed by atoms with Crippen molar-refractivity contribution in [1.29, 1.82) is 0 Å². The summed E-state index contributed by atoms with van der Waals surface area (Å²) in [6, 6.07) is 12.6. The highest BCUT2D eigenvalue weighted by molar-refractivity contribution is 6.32. The van der Waals surface area contributed by atoms with E-state index >= 15 is 0 Å². The average Bonchev–Trinajstić information content (AvgIpc) is 3.36. The maximum absolute atomic E-state index is 13.8. The molecule has 3 aliphatic rings. The molecule has 0 spiro atoms. The van der Waals surface area contributed by atoms with Gasteiger partial charge in [0, 0.05) is 36.5 Å². The molecule has 5 rings (SSSR count). The number of nitrogens with zero attached hydrogens (tertiary/aromatic N) is 1. The normalized spacial score (nSPS) is 24.7. The number of hydrogen-bond acceptors (Lipinski definition) is 4. The number of carbonyl (C=O) groups excluding carboxylic acids is 1. The van der Waals surface area contributed by atoms with Gasteiger partial charge in [-0.3, -0.25) is 9.69 Å². The number of β-amino-alcohol motifs (C(OH)–C–C–N with tert-alkyl or cyclic N) is 1. The molecule has 160 valence electrons. The molecule has 1 fully saturated rings. The number of aliphatic hydroxyl groups excluding tert-OH is 1. The number of carbonyl (C=O) groups is 1. The maximum atomic E-state index is 13.8. The molecule has 3 aliphatic heterocycles. The number of aliphatic hydroxyl groups is 1. The third-order valence-electron chi connectivity index (χ3n) is 6.18. The molecule has 1 saturated heterocycles. The van der Waals surface area contributed by atoms with E-state index in [-0.39, 0.29) is 12.0 Å². The van der Waals surface area contributed by atoms with Crippen LogP contribution >= 0.6 is 0 Å². The first-order valence-corrected chi connectivity index (χ1v) is 10.6. The van der Waals surface area contributed by atoms with Crippen LogP contribution in [0, 0.1) is 5.82 Å². The third kappa shape index (κ3) is 3.66. The van der Waals surface area contributed by atoms with Crippen LogP contribution in [-0.4, -0.2) is 40.7 Å². The summed E-state index contributed by atoms with van der Waals surface area (Å²) in [5.41, 5.74) is 4.03. The summed E-state index contributed by atoms with van der Waals surface area (Å²) in [6.45, 7) is 6.37. The average molecular weight is 420 g/mol. The van der Waals surface area contributed by atoms with Crippen LogP contribution in [0.4, 0.5) is 10.1 Å². The zero-order chi connectivity index (χ0) is 21.8. The number of fused-ring (bicyclic) bond motifs is 1. The molecular weight excluding hydrogens is 395 g/mol. The lowest BCUT2D eigenvalue weighted by Crippen LogP contribution is -2.22. The second-order valence-electron chi connectivity index (χ2n) is 8.93. The van der Waals surface area contributed by atoms with E-state index in [9.17, 15) is 14.3 Å². The fourth-order valence-electron chi connectivity index (χ4n) is 4.61. The Morgan fingerprint density at radius 1 is 1.23 bits per heavy atom.